The molecule has 368 valence electrons. The van der Waals surface area contributed by atoms with E-state index in [2.05, 4.69) is 81.5 Å². The average Bonchev–Trinajstić information content (AvgIpc) is 3.30. The van der Waals surface area contributed by atoms with Gasteiger partial charge in [0.15, 0.2) is 6.10 Å². The number of unbranched alkanes of at least 4 members (excludes halogenated alkanes) is 23. The molecule has 0 fully saturated rings. The van der Waals surface area contributed by atoms with E-state index in [1.54, 1.807) is 0 Å². The van der Waals surface area contributed by atoms with Gasteiger partial charge in [-0.25, -0.2) is 0 Å². The molecule has 0 saturated carbocycles. The van der Waals surface area contributed by atoms with E-state index in [1.807, 2.05) is 48.6 Å². The van der Waals surface area contributed by atoms with E-state index < -0.39 is 6.10 Å². The van der Waals surface area contributed by atoms with Crippen LogP contribution in [0.25, 0.3) is 0 Å². The summed E-state index contributed by atoms with van der Waals surface area (Å²) in [5.41, 5.74) is 0. The quantitative estimate of drug-likeness (QED) is 0.0199. The molecule has 0 spiro atoms. The minimum atomic E-state index is -0.809. The molecule has 0 saturated heterocycles. The molecule has 0 aliphatic carbocycles. The van der Waals surface area contributed by atoms with Crippen molar-refractivity contribution < 1.29 is 28.6 Å². The van der Waals surface area contributed by atoms with Gasteiger partial charge in [-0.3, -0.25) is 14.4 Å². The summed E-state index contributed by atoms with van der Waals surface area (Å²) >= 11 is 0. The van der Waals surface area contributed by atoms with Crippen LogP contribution in [-0.4, -0.2) is 37.2 Å². The molecule has 0 heterocycles. The summed E-state index contributed by atoms with van der Waals surface area (Å²) < 4.78 is 16.8. The van der Waals surface area contributed by atoms with Crippen LogP contribution < -0.4 is 0 Å². The summed E-state index contributed by atoms with van der Waals surface area (Å²) in [7, 11) is 0. The maximum absolute atomic E-state index is 12.8. The monoisotopic (exact) mass is 901 g/mol. The Labute approximate surface area is 400 Å². The fraction of sp³-hybridized carbons (Fsp3) is 0.644. The van der Waals surface area contributed by atoms with Crippen LogP contribution >= 0.6 is 0 Å². The van der Waals surface area contributed by atoms with Gasteiger partial charge in [-0.2, -0.15) is 0 Å². The van der Waals surface area contributed by atoms with E-state index in [1.165, 1.54) is 103 Å². The zero-order valence-electron chi connectivity index (χ0n) is 42.0. The van der Waals surface area contributed by atoms with Crippen LogP contribution in [0.5, 0.6) is 0 Å². The SMILES string of the molecule is CC\C=C/C=C\C=C/C=C\C=C/CCCCCC(=O)OC(COC(=O)CCCCCCCCC\C=C/C=C\C=C/CC)COC(=O)CCCCCCCCC/C=C\CCCCCCCC. The van der Waals surface area contributed by atoms with E-state index in [0.29, 0.717) is 19.3 Å². The topological polar surface area (TPSA) is 78.9 Å². The number of hydrogen-bond donors (Lipinski definition) is 0. The number of rotatable bonds is 46. The molecule has 0 radical (unpaired) electrons. The lowest BCUT2D eigenvalue weighted by Crippen LogP contribution is -2.30. The highest BCUT2D eigenvalue weighted by molar-refractivity contribution is 5.71. The van der Waals surface area contributed by atoms with E-state index in [9.17, 15) is 14.4 Å². The first-order chi connectivity index (χ1) is 32.0. The summed E-state index contributed by atoms with van der Waals surface area (Å²) in [5, 5.41) is 0. The molecule has 0 amide bonds. The summed E-state index contributed by atoms with van der Waals surface area (Å²) in [6, 6.07) is 0. The number of esters is 3. The highest BCUT2D eigenvalue weighted by Gasteiger charge is 2.19. The van der Waals surface area contributed by atoms with E-state index in [4.69, 9.17) is 14.2 Å². The highest BCUT2D eigenvalue weighted by atomic mass is 16.6. The summed E-state index contributed by atoms with van der Waals surface area (Å²) in [4.78, 5) is 38.0. The molecule has 6 nitrogen and oxygen atoms in total. The van der Waals surface area contributed by atoms with Crippen molar-refractivity contribution in [1.82, 2.24) is 0 Å². The third-order valence-electron chi connectivity index (χ3n) is 10.9. The lowest BCUT2D eigenvalue weighted by Gasteiger charge is -2.18. The van der Waals surface area contributed by atoms with E-state index >= 15 is 0 Å². The van der Waals surface area contributed by atoms with Gasteiger partial charge < -0.3 is 14.2 Å². The van der Waals surface area contributed by atoms with Gasteiger partial charge in [0.1, 0.15) is 13.2 Å². The number of hydrogen-bond acceptors (Lipinski definition) is 6. The van der Waals surface area contributed by atoms with Crippen LogP contribution in [0.1, 0.15) is 226 Å². The average molecular weight is 901 g/mol. The van der Waals surface area contributed by atoms with Crippen molar-refractivity contribution in [2.45, 2.75) is 232 Å². The third kappa shape index (κ3) is 50.9. The predicted molar refractivity (Wildman–Crippen MR) is 279 cm³/mol. The molecular formula is C59H96O6. The molecular weight excluding hydrogens is 805 g/mol. The van der Waals surface area contributed by atoms with Crippen molar-refractivity contribution in [3.63, 3.8) is 0 Å². The van der Waals surface area contributed by atoms with Gasteiger partial charge >= 0.3 is 17.9 Å². The Morgan fingerprint density at radius 2 is 0.615 bits per heavy atom. The largest absolute Gasteiger partial charge is 0.462 e. The number of carbonyl (C=O) groups is 3. The first kappa shape index (κ1) is 61.1. The molecule has 1 atom stereocenters. The van der Waals surface area contributed by atoms with Crippen LogP contribution in [0.2, 0.25) is 0 Å². The first-order valence-electron chi connectivity index (χ1n) is 26.5. The van der Waals surface area contributed by atoms with Gasteiger partial charge in [0, 0.05) is 19.3 Å². The van der Waals surface area contributed by atoms with Gasteiger partial charge in [0.05, 0.1) is 0 Å². The summed E-state index contributed by atoms with van der Waals surface area (Å²) in [5.74, 6) is -0.966. The number of carbonyl (C=O) groups excluding carboxylic acids is 3. The molecule has 0 aromatic rings. The molecule has 0 rings (SSSR count). The Morgan fingerprint density at radius 1 is 0.323 bits per heavy atom. The van der Waals surface area contributed by atoms with Gasteiger partial charge in [0.2, 0.25) is 0 Å². The summed E-state index contributed by atoms with van der Waals surface area (Å²) in [6.45, 7) is 6.30. The zero-order valence-corrected chi connectivity index (χ0v) is 42.0. The van der Waals surface area contributed by atoms with Gasteiger partial charge in [0.25, 0.3) is 0 Å². The second-order valence-electron chi connectivity index (χ2n) is 17.2. The fourth-order valence-electron chi connectivity index (χ4n) is 6.99. The lowest BCUT2D eigenvalue weighted by atomic mass is 10.1. The van der Waals surface area contributed by atoms with Gasteiger partial charge in [-0.05, 0) is 83.5 Å². The molecule has 1 unspecified atom stereocenters. The molecule has 0 aliphatic heterocycles. The standard InChI is InChI=1S/C59H96O6/c1-4-7-10-13-16-19-22-25-28-29-32-34-37-40-43-46-49-52-58(61)64-55-56(65-59(62)53-50-47-44-41-38-35-31-27-24-21-18-15-12-9-6-3)54-63-57(60)51-48-45-42-39-36-33-30-26-23-20-17-14-11-8-5-2/h8-9,11-12,14-15,17-18,20-21,23-25,27-28,31,35,38,56H,4-7,10,13,16,19,22,26,29-30,32-34,36-37,39-55H2,1-3H3/b11-8-,12-9-,17-14-,18-15-,23-20-,24-21-,28-25-,31-27-,38-35-. The van der Waals surface area contributed by atoms with Crippen LogP contribution in [0.4, 0.5) is 0 Å². The minimum Gasteiger partial charge on any atom is -0.462 e. The van der Waals surface area contributed by atoms with Crippen LogP contribution in [0, 0.1) is 0 Å². The smallest absolute Gasteiger partial charge is 0.306 e. The van der Waals surface area contributed by atoms with Crippen molar-refractivity contribution in [2.75, 3.05) is 13.2 Å². The fourth-order valence-corrected chi connectivity index (χ4v) is 6.99. The predicted octanol–water partition coefficient (Wildman–Crippen LogP) is 17.5. The molecule has 0 N–H and O–H groups in total. The second-order valence-corrected chi connectivity index (χ2v) is 17.2. The maximum Gasteiger partial charge on any atom is 0.306 e. The molecule has 0 bridgehead atoms. The molecule has 0 aromatic heterocycles. The van der Waals surface area contributed by atoms with Crippen LogP contribution in [0.15, 0.2) is 109 Å². The Balaban J connectivity index is 4.49. The van der Waals surface area contributed by atoms with Crippen molar-refractivity contribution in [3.05, 3.63) is 109 Å². The van der Waals surface area contributed by atoms with Gasteiger partial charge in [-0.1, -0.05) is 233 Å². The number of ether oxygens (including phenoxy) is 3. The van der Waals surface area contributed by atoms with Crippen LogP contribution in [-0.2, 0) is 28.6 Å². The Morgan fingerprint density at radius 3 is 1.00 bits per heavy atom. The maximum atomic E-state index is 12.8. The van der Waals surface area contributed by atoms with Gasteiger partial charge in [-0.15, -0.1) is 0 Å². The molecule has 0 aliphatic rings. The summed E-state index contributed by atoms with van der Waals surface area (Å²) in [6.07, 6.45) is 70.7. The first-order valence-corrected chi connectivity index (χ1v) is 26.5. The Bertz CT molecular complexity index is 1360. The van der Waals surface area contributed by atoms with Crippen molar-refractivity contribution in [1.29, 1.82) is 0 Å². The van der Waals surface area contributed by atoms with Crippen molar-refractivity contribution in [3.8, 4) is 0 Å². The molecule has 65 heavy (non-hydrogen) atoms. The number of allylic oxidation sites excluding steroid dienone is 18. The molecule has 6 heteroatoms. The lowest BCUT2D eigenvalue weighted by molar-refractivity contribution is -0.167. The van der Waals surface area contributed by atoms with E-state index in [-0.39, 0.29) is 37.5 Å². The zero-order chi connectivity index (χ0) is 47.2. The highest BCUT2D eigenvalue weighted by Crippen LogP contribution is 2.14. The van der Waals surface area contributed by atoms with Crippen LogP contribution in [0.3, 0.4) is 0 Å². The van der Waals surface area contributed by atoms with Crippen molar-refractivity contribution in [2.24, 2.45) is 0 Å². The molecule has 0 aromatic carbocycles. The Kier molecular flexibility index (Phi) is 49.5. The minimum absolute atomic E-state index is 0.103. The van der Waals surface area contributed by atoms with Crippen molar-refractivity contribution >= 4 is 17.9 Å². The third-order valence-corrected chi connectivity index (χ3v) is 10.9. The second kappa shape index (κ2) is 52.7. The normalized spacial score (nSPS) is 13.0. The van der Waals surface area contributed by atoms with E-state index in [0.717, 1.165) is 77.0 Å². The Hall–Kier alpha value is -3.93.